The summed E-state index contributed by atoms with van der Waals surface area (Å²) in [5, 5.41) is 0. The van der Waals surface area contributed by atoms with Gasteiger partial charge < -0.3 is 9.64 Å². The van der Waals surface area contributed by atoms with E-state index in [0.717, 1.165) is 19.4 Å². The van der Waals surface area contributed by atoms with Gasteiger partial charge in [0.25, 0.3) is 0 Å². The number of hydrogen-bond acceptors (Lipinski definition) is 3. The van der Waals surface area contributed by atoms with Crippen molar-refractivity contribution in [3.05, 3.63) is 12.2 Å². The van der Waals surface area contributed by atoms with Gasteiger partial charge in [-0.15, -0.1) is 0 Å². The molecule has 1 saturated heterocycles. The van der Waals surface area contributed by atoms with E-state index in [1.807, 2.05) is 0 Å². The van der Waals surface area contributed by atoms with E-state index in [9.17, 15) is 9.59 Å². The molecular weight excluding hydrogens is 194 g/mol. The number of methoxy groups -OCH3 is 1. The van der Waals surface area contributed by atoms with E-state index in [2.05, 4.69) is 4.74 Å². The molecule has 4 heteroatoms. The normalized spacial score (nSPS) is 21.7. The molecule has 0 spiro atoms. The molecule has 0 unspecified atom stereocenters. The number of esters is 1. The van der Waals surface area contributed by atoms with E-state index >= 15 is 0 Å². The van der Waals surface area contributed by atoms with Crippen LogP contribution in [0.2, 0.25) is 0 Å². The van der Waals surface area contributed by atoms with Gasteiger partial charge in [0.05, 0.1) is 13.0 Å². The first-order valence-corrected chi connectivity index (χ1v) is 5.18. The number of ether oxygens (including phenoxy) is 1. The van der Waals surface area contributed by atoms with E-state index in [4.69, 9.17) is 0 Å². The van der Waals surface area contributed by atoms with Crippen molar-refractivity contribution in [2.24, 2.45) is 5.92 Å². The molecule has 0 aliphatic carbocycles. The van der Waals surface area contributed by atoms with Crippen molar-refractivity contribution in [1.82, 2.24) is 4.90 Å². The number of amides is 1. The van der Waals surface area contributed by atoms with Gasteiger partial charge in [0.1, 0.15) is 0 Å². The maximum absolute atomic E-state index is 11.5. The van der Waals surface area contributed by atoms with Gasteiger partial charge in [0.2, 0.25) is 5.91 Å². The number of carbonyl (C=O) groups is 2. The Morgan fingerprint density at radius 1 is 1.47 bits per heavy atom. The first-order valence-electron chi connectivity index (χ1n) is 5.18. The maximum Gasteiger partial charge on any atom is 0.310 e. The Morgan fingerprint density at radius 2 is 2.20 bits per heavy atom. The fraction of sp³-hybridized carbons (Fsp3) is 0.636. The van der Waals surface area contributed by atoms with Crippen molar-refractivity contribution in [2.45, 2.75) is 19.8 Å². The van der Waals surface area contributed by atoms with Crippen LogP contribution in [-0.2, 0) is 14.3 Å². The number of rotatable bonds is 2. The quantitative estimate of drug-likeness (QED) is 0.505. The Morgan fingerprint density at radius 3 is 2.80 bits per heavy atom. The van der Waals surface area contributed by atoms with E-state index in [0.29, 0.717) is 6.54 Å². The molecule has 0 N–H and O–H groups in total. The average molecular weight is 211 g/mol. The predicted octanol–water partition coefficient (Wildman–Crippen LogP) is 0.974. The molecule has 15 heavy (non-hydrogen) atoms. The minimum absolute atomic E-state index is 0.0221. The third-order valence-electron chi connectivity index (χ3n) is 2.58. The fourth-order valence-corrected chi connectivity index (χ4v) is 1.78. The third kappa shape index (κ3) is 3.08. The largest absolute Gasteiger partial charge is 0.469 e. The van der Waals surface area contributed by atoms with Gasteiger partial charge in [-0.1, -0.05) is 6.08 Å². The topological polar surface area (TPSA) is 46.6 Å². The number of nitrogens with zero attached hydrogens (tertiary/aromatic N) is 1. The molecule has 1 aliphatic rings. The molecule has 0 aromatic carbocycles. The Hall–Kier alpha value is -1.32. The van der Waals surface area contributed by atoms with Crippen LogP contribution in [0.5, 0.6) is 0 Å². The molecule has 1 fully saturated rings. The van der Waals surface area contributed by atoms with Gasteiger partial charge in [-0.05, 0) is 25.8 Å². The molecule has 0 saturated carbocycles. The van der Waals surface area contributed by atoms with Gasteiger partial charge in [0, 0.05) is 13.1 Å². The van der Waals surface area contributed by atoms with Gasteiger partial charge in [-0.3, -0.25) is 9.59 Å². The molecule has 0 aromatic heterocycles. The SMILES string of the molecule is C/C=C/C(=O)N1CCC[C@H](C(=O)OC)C1. The number of piperidine rings is 1. The lowest BCUT2D eigenvalue weighted by Gasteiger charge is -2.30. The van der Waals surface area contributed by atoms with Gasteiger partial charge in [-0.2, -0.15) is 0 Å². The number of carbonyl (C=O) groups excluding carboxylic acids is 2. The van der Waals surface area contributed by atoms with Crippen molar-refractivity contribution < 1.29 is 14.3 Å². The number of likely N-dealkylation sites (tertiary alicyclic amines) is 1. The zero-order valence-electron chi connectivity index (χ0n) is 9.23. The second kappa shape index (κ2) is 5.53. The lowest BCUT2D eigenvalue weighted by Crippen LogP contribution is -2.41. The molecule has 0 radical (unpaired) electrons. The summed E-state index contributed by atoms with van der Waals surface area (Å²) in [6.07, 6.45) is 4.92. The first-order chi connectivity index (χ1) is 7.19. The van der Waals surface area contributed by atoms with Crippen LogP contribution in [0.3, 0.4) is 0 Å². The van der Waals surface area contributed by atoms with E-state index in [1.54, 1.807) is 17.9 Å². The monoisotopic (exact) mass is 211 g/mol. The summed E-state index contributed by atoms with van der Waals surface area (Å²) < 4.78 is 4.68. The zero-order valence-corrected chi connectivity index (χ0v) is 9.23. The smallest absolute Gasteiger partial charge is 0.310 e. The Balaban J connectivity index is 2.56. The van der Waals surface area contributed by atoms with Gasteiger partial charge in [0.15, 0.2) is 0 Å². The number of allylic oxidation sites excluding steroid dienone is 1. The summed E-state index contributed by atoms with van der Waals surface area (Å²) in [5.74, 6) is -0.392. The highest BCUT2D eigenvalue weighted by Gasteiger charge is 2.27. The summed E-state index contributed by atoms with van der Waals surface area (Å²) in [6, 6.07) is 0. The van der Waals surface area contributed by atoms with Crippen molar-refractivity contribution in [3.8, 4) is 0 Å². The third-order valence-corrected chi connectivity index (χ3v) is 2.58. The van der Waals surface area contributed by atoms with Crippen molar-refractivity contribution in [1.29, 1.82) is 0 Å². The van der Waals surface area contributed by atoms with Crippen LogP contribution in [0.4, 0.5) is 0 Å². The van der Waals surface area contributed by atoms with Gasteiger partial charge in [-0.25, -0.2) is 0 Å². The molecule has 1 atom stereocenters. The van der Waals surface area contributed by atoms with Crippen LogP contribution in [0.25, 0.3) is 0 Å². The van der Waals surface area contributed by atoms with Crippen LogP contribution in [0.1, 0.15) is 19.8 Å². The van der Waals surface area contributed by atoms with E-state index in [1.165, 1.54) is 13.2 Å². The van der Waals surface area contributed by atoms with Crippen LogP contribution in [0.15, 0.2) is 12.2 Å². The molecule has 1 aliphatic heterocycles. The van der Waals surface area contributed by atoms with Crippen LogP contribution >= 0.6 is 0 Å². The van der Waals surface area contributed by atoms with Crippen LogP contribution in [-0.4, -0.2) is 37.0 Å². The van der Waals surface area contributed by atoms with Crippen LogP contribution in [0, 0.1) is 5.92 Å². The summed E-state index contributed by atoms with van der Waals surface area (Å²) >= 11 is 0. The van der Waals surface area contributed by atoms with E-state index in [-0.39, 0.29) is 17.8 Å². The molecular formula is C11H17NO3. The van der Waals surface area contributed by atoms with Gasteiger partial charge >= 0.3 is 5.97 Å². The minimum atomic E-state index is -0.215. The molecule has 1 amide bonds. The molecule has 1 heterocycles. The Kier molecular flexibility index (Phi) is 4.34. The Bertz CT molecular complexity index is 273. The summed E-state index contributed by atoms with van der Waals surface area (Å²) in [5.41, 5.74) is 0. The molecule has 0 aromatic rings. The standard InChI is InChI=1S/C11H17NO3/c1-3-5-10(13)12-7-4-6-9(8-12)11(14)15-2/h3,5,9H,4,6-8H2,1-2H3/b5-3+/t9-/m0/s1. The second-order valence-corrected chi connectivity index (χ2v) is 3.65. The predicted molar refractivity (Wildman–Crippen MR) is 56.1 cm³/mol. The maximum atomic E-state index is 11.5. The highest BCUT2D eigenvalue weighted by Crippen LogP contribution is 2.17. The molecule has 1 rings (SSSR count). The van der Waals surface area contributed by atoms with Crippen molar-refractivity contribution >= 4 is 11.9 Å². The highest BCUT2D eigenvalue weighted by atomic mass is 16.5. The molecule has 84 valence electrons. The highest BCUT2D eigenvalue weighted by molar-refractivity contribution is 5.88. The average Bonchev–Trinajstić information content (AvgIpc) is 2.28. The van der Waals surface area contributed by atoms with Crippen molar-refractivity contribution in [2.75, 3.05) is 20.2 Å². The molecule has 0 bridgehead atoms. The summed E-state index contributed by atoms with van der Waals surface area (Å²) in [4.78, 5) is 24.6. The zero-order chi connectivity index (χ0) is 11.3. The summed E-state index contributed by atoms with van der Waals surface area (Å²) in [6.45, 7) is 3.02. The van der Waals surface area contributed by atoms with E-state index < -0.39 is 0 Å². The second-order valence-electron chi connectivity index (χ2n) is 3.65. The Labute approximate surface area is 89.9 Å². The van der Waals surface area contributed by atoms with Crippen LogP contribution < -0.4 is 0 Å². The lowest BCUT2D eigenvalue weighted by atomic mass is 9.98. The van der Waals surface area contributed by atoms with Crippen molar-refractivity contribution in [3.63, 3.8) is 0 Å². The lowest BCUT2D eigenvalue weighted by molar-refractivity contribution is -0.148. The summed E-state index contributed by atoms with van der Waals surface area (Å²) in [7, 11) is 1.38. The first kappa shape index (κ1) is 11.8. The number of hydrogen-bond donors (Lipinski definition) is 0. The fourth-order valence-electron chi connectivity index (χ4n) is 1.78. The minimum Gasteiger partial charge on any atom is -0.469 e. The molecule has 4 nitrogen and oxygen atoms in total.